The van der Waals surface area contributed by atoms with Gasteiger partial charge in [-0.2, -0.15) is 0 Å². The second-order valence-electron chi connectivity index (χ2n) is 3.97. The van der Waals surface area contributed by atoms with Crippen molar-refractivity contribution < 1.29 is 5.11 Å². The van der Waals surface area contributed by atoms with E-state index in [4.69, 9.17) is 0 Å². The molecule has 0 amide bonds. The molecule has 0 aliphatic heterocycles. The first-order chi connectivity index (χ1) is 7.99. The average molecular weight is 376 g/mol. The number of aryl methyl sites for hydroxylation is 2. The number of hydrogen-bond acceptors (Lipinski definition) is 2. The predicted octanol–water partition coefficient (Wildman–Crippen LogP) is 4.97. The Bertz CT molecular complexity index is 548. The molecule has 1 N–H and O–H groups in total. The standard InChI is InChI=1S/C13H12Br2OS/c1-7-3-4-9(5-11(7)14)13(16)10-6-12(15)17-8(10)2/h3-6,13,16H,1-2H3. The summed E-state index contributed by atoms with van der Waals surface area (Å²) >= 11 is 8.59. The van der Waals surface area contributed by atoms with Gasteiger partial charge in [0.15, 0.2) is 0 Å². The van der Waals surface area contributed by atoms with Crippen LogP contribution in [0.1, 0.15) is 27.7 Å². The number of hydrogen-bond donors (Lipinski definition) is 1. The minimum absolute atomic E-state index is 0.561. The van der Waals surface area contributed by atoms with Gasteiger partial charge in [-0.3, -0.25) is 0 Å². The molecule has 0 bridgehead atoms. The molecule has 90 valence electrons. The van der Waals surface area contributed by atoms with Gasteiger partial charge in [-0.15, -0.1) is 11.3 Å². The largest absolute Gasteiger partial charge is 0.384 e. The summed E-state index contributed by atoms with van der Waals surface area (Å²) in [5.74, 6) is 0. The Morgan fingerprint density at radius 3 is 2.41 bits per heavy atom. The van der Waals surface area contributed by atoms with E-state index in [0.717, 1.165) is 24.3 Å². The molecule has 2 rings (SSSR count). The third-order valence-electron chi connectivity index (χ3n) is 2.73. The van der Waals surface area contributed by atoms with Gasteiger partial charge in [-0.25, -0.2) is 0 Å². The molecule has 1 atom stereocenters. The van der Waals surface area contributed by atoms with Gasteiger partial charge in [0, 0.05) is 9.35 Å². The predicted molar refractivity (Wildman–Crippen MR) is 79.7 cm³/mol. The number of aliphatic hydroxyl groups is 1. The fraction of sp³-hybridized carbons (Fsp3) is 0.231. The van der Waals surface area contributed by atoms with Gasteiger partial charge in [0.2, 0.25) is 0 Å². The topological polar surface area (TPSA) is 20.2 Å². The summed E-state index contributed by atoms with van der Waals surface area (Å²) in [5.41, 5.74) is 3.05. The van der Waals surface area contributed by atoms with Crippen molar-refractivity contribution in [2.75, 3.05) is 0 Å². The van der Waals surface area contributed by atoms with Crippen molar-refractivity contribution in [3.8, 4) is 0 Å². The highest BCUT2D eigenvalue weighted by molar-refractivity contribution is 9.11. The first kappa shape index (κ1) is 13.3. The van der Waals surface area contributed by atoms with Crippen molar-refractivity contribution in [2.45, 2.75) is 20.0 Å². The lowest BCUT2D eigenvalue weighted by molar-refractivity contribution is 0.220. The van der Waals surface area contributed by atoms with Gasteiger partial charge >= 0.3 is 0 Å². The summed E-state index contributed by atoms with van der Waals surface area (Å²) in [6, 6.07) is 7.94. The van der Waals surface area contributed by atoms with Crippen molar-refractivity contribution in [2.24, 2.45) is 0 Å². The summed E-state index contributed by atoms with van der Waals surface area (Å²) in [7, 11) is 0. The molecule has 1 nitrogen and oxygen atoms in total. The minimum atomic E-state index is -0.561. The van der Waals surface area contributed by atoms with Crippen LogP contribution in [-0.4, -0.2) is 5.11 Å². The van der Waals surface area contributed by atoms with Crippen LogP contribution in [0, 0.1) is 13.8 Å². The fourth-order valence-corrected chi connectivity index (χ4v) is 3.83. The number of benzene rings is 1. The summed E-state index contributed by atoms with van der Waals surface area (Å²) in [6.45, 7) is 4.06. The highest BCUT2D eigenvalue weighted by Crippen LogP contribution is 2.34. The molecule has 1 aromatic carbocycles. The maximum atomic E-state index is 10.4. The Balaban J connectivity index is 2.40. The summed E-state index contributed by atoms with van der Waals surface area (Å²) < 4.78 is 2.08. The Kier molecular flexibility index (Phi) is 4.08. The smallest absolute Gasteiger partial charge is 0.105 e. The molecule has 2 aromatic rings. The Hall–Kier alpha value is -0.160. The fourth-order valence-electron chi connectivity index (χ4n) is 1.69. The van der Waals surface area contributed by atoms with Gasteiger partial charge in [0.05, 0.1) is 3.79 Å². The molecule has 0 radical (unpaired) electrons. The molecule has 4 heteroatoms. The van der Waals surface area contributed by atoms with Crippen LogP contribution in [0.15, 0.2) is 32.5 Å². The van der Waals surface area contributed by atoms with Crippen LogP contribution in [0.2, 0.25) is 0 Å². The molecule has 0 fully saturated rings. The molecule has 0 aliphatic carbocycles. The number of halogens is 2. The first-order valence-corrected chi connectivity index (χ1v) is 7.59. The first-order valence-electron chi connectivity index (χ1n) is 5.19. The molecule has 0 aliphatic rings. The Labute approximate surface area is 122 Å². The number of thiophene rings is 1. The summed E-state index contributed by atoms with van der Waals surface area (Å²) in [6.07, 6.45) is -0.561. The molecule has 0 saturated heterocycles. The van der Waals surface area contributed by atoms with E-state index in [1.165, 1.54) is 5.56 Å². The van der Waals surface area contributed by atoms with Gasteiger partial charge < -0.3 is 5.11 Å². The maximum Gasteiger partial charge on any atom is 0.105 e. The normalized spacial score (nSPS) is 12.8. The van der Waals surface area contributed by atoms with E-state index in [0.29, 0.717) is 0 Å². The number of rotatable bonds is 2. The van der Waals surface area contributed by atoms with E-state index < -0.39 is 6.10 Å². The van der Waals surface area contributed by atoms with E-state index >= 15 is 0 Å². The summed E-state index contributed by atoms with van der Waals surface area (Å²) in [5, 5.41) is 10.4. The van der Waals surface area contributed by atoms with E-state index in [9.17, 15) is 5.11 Å². The molecule has 0 saturated carbocycles. The molecular weight excluding hydrogens is 364 g/mol. The van der Waals surface area contributed by atoms with Crippen LogP contribution >= 0.6 is 43.2 Å². The minimum Gasteiger partial charge on any atom is -0.384 e. The third kappa shape index (κ3) is 2.81. The zero-order valence-electron chi connectivity index (χ0n) is 9.50. The van der Waals surface area contributed by atoms with Crippen LogP contribution < -0.4 is 0 Å². The Morgan fingerprint density at radius 2 is 1.88 bits per heavy atom. The highest BCUT2D eigenvalue weighted by atomic mass is 79.9. The zero-order chi connectivity index (χ0) is 12.6. The lowest BCUT2D eigenvalue weighted by atomic mass is 10.0. The molecule has 1 heterocycles. The van der Waals surface area contributed by atoms with Crippen LogP contribution in [0.5, 0.6) is 0 Å². The SMILES string of the molecule is Cc1ccc(C(O)c2cc(Br)sc2C)cc1Br. The lowest BCUT2D eigenvalue weighted by Crippen LogP contribution is -1.99. The van der Waals surface area contributed by atoms with Crippen molar-refractivity contribution in [1.82, 2.24) is 0 Å². The average Bonchev–Trinajstić information content (AvgIpc) is 2.61. The molecular formula is C13H12Br2OS. The second-order valence-corrected chi connectivity index (χ2v) is 7.46. The van der Waals surface area contributed by atoms with Gasteiger partial charge in [-0.05, 0) is 58.6 Å². The van der Waals surface area contributed by atoms with Crippen LogP contribution in [0.3, 0.4) is 0 Å². The third-order valence-corrected chi connectivity index (χ3v) is 5.16. The van der Waals surface area contributed by atoms with Crippen LogP contribution in [0.4, 0.5) is 0 Å². The Morgan fingerprint density at radius 1 is 1.18 bits per heavy atom. The van der Waals surface area contributed by atoms with E-state index in [-0.39, 0.29) is 0 Å². The van der Waals surface area contributed by atoms with E-state index in [1.54, 1.807) is 11.3 Å². The van der Waals surface area contributed by atoms with Crippen molar-refractivity contribution in [3.63, 3.8) is 0 Å². The molecule has 1 aromatic heterocycles. The highest BCUT2D eigenvalue weighted by Gasteiger charge is 2.16. The monoisotopic (exact) mass is 374 g/mol. The lowest BCUT2D eigenvalue weighted by Gasteiger charge is -2.12. The van der Waals surface area contributed by atoms with Crippen molar-refractivity contribution in [3.05, 3.63) is 54.1 Å². The van der Waals surface area contributed by atoms with Crippen LogP contribution in [-0.2, 0) is 0 Å². The summed E-state index contributed by atoms with van der Waals surface area (Å²) in [4.78, 5) is 1.14. The number of aliphatic hydroxyl groups excluding tert-OH is 1. The second kappa shape index (κ2) is 5.22. The van der Waals surface area contributed by atoms with Gasteiger partial charge in [-0.1, -0.05) is 28.1 Å². The molecule has 0 spiro atoms. The van der Waals surface area contributed by atoms with Gasteiger partial charge in [0.25, 0.3) is 0 Å². The quantitative estimate of drug-likeness (QED) is 0.785. The van der Waals surface area contributed by atoms with Gasteiger partial charge in [0.1, 0.15) is 6.10 Å². The van der Waals surface area contributed by atoms with E-state index in [1.807, 2.05) is 38.1 Å². The van der Waals surface area contributed by atoms with Crippen molar-refractivity contribution in [1.29, 1.82) is 0 Å². The van der Waals surface area contributed by atoms with E-state index in [2.05, 4.69) is 31.9 Å². The maximum absolute atomic E-state index is 10.4. The molecule has 1 unspecified atom stereocenters. The zero-order valence-corrected chi connectivity index (χ0v) is 13.5. The molecule has 17 heavy (non-hydrogen) atoms. The van der Waals surface area contributed by atoms with Crippen molar-refractivity contribution >= 4 is 43.2 Å². The van der Waals surface area contributed by atoms with Crippen LogP contribution in [0.25, 0.3) is 0 Å².